The molecule has 0 spiro atoms. The lowest BCUT2D eigenvalue weighted by molar-refractivity contribution is 0.105. The average molecular weight is 268 g/mol. The van der Waals surface area contributed by atoms with Crippen molar-refractivity contribution in [2.24, 2.45) is 0 Å². The topological polar surface area (TPSA) is 33.0 Å². The summed E-state index contributed by atoms with van der Waals surface area (Å²) in [6.45, 7) is 6.16. The van der Waals surface area contributed by atoms with Gasteiger partial charge in [0.05, 0.1) is 5.56 Å². The van der Waals surface area contributed by atoms with Crippen molar-refractivity contribution in [3.05, 3.63) is 28.2 Å². The first-order valence-corrected chi connectivity index (χ1v) is 5.66. The van der Waals surface area contributed by atoms with E-state index in [4.69, 9.17) is 10.00 Å². The van der Waals surface area contributed by atoms with Crippen molar-refractivity contribution in [3.63, 3.8) is 0 Å². The summed E-state index contributed by atoms with van der Waals surface area (Å²) in [5.74, 6) is 0.785. The molecule has 0 aliphatic heterocycles. The highest BCUT2D eigenvalue weighted by Crippen LogP contribution is 2.26. The van der Waals surface area contributed by atoms with Crippen LogP contribution in [0.2, 0.25) is 0 Å². The maximum Gasteiger partial charge on any atom is 0.121 e. The second-order valence-corrected chi connectivity index (χ2v) is 4.82. The van der Waals surface area contributed by atoms with Crippen LogP contribution in [-0.2, 0) is 0 Å². The quantitative estimate of drug-likeness (QED) is 0.833. The van der Waals surface area contributed by atoms with Gasteiger partial charge >= 0.3 is 0 Å². The molecular weight excluding hydrogens is 254 g/mol. The van der Waals surface area contributed by atoms with E-state index in [-0.39, 0.29) is 5.60 Å². The Hall–Kier alpha value is -1.01. The van der Waals surface area contributed by atoms with E-state index in [2.05, 4.69) is 28.9 Å². The number of rotatable bonds is 3. The Morgan fingerprint density at radius 3 is 2.60 bits per heavy atom. The van der Waals surface area contributed by atoms with Crippen molar-refractivity contribution in [1.29, 1.82) is 5.26 Å². The van der Waals surface area contributed by atoms with E-state index in [1.165, 1.54) is 0 Å². The van der Waals surface area contributed by atoms with Crippen LogP contribution in [0.5, 0.6) is 5.75 Å². The largest absolute Gasteiger partial charge is 0.488 e. The highest BCUT2D eigenvalue weighted by molar-refractivity contribution is 9.10. The summed E-state index contributed by atoms with van der Waals surface area (Å²) in [5.41, 5.74) is 0.449. The molecule has 0 aliphatic rings. The third-order valence-electron chi connectivity index (χ3n) is 2.31. The molecule has 80 valence electrons. The maximum absolute atomic E-state index is 8.77. The lowest BCUT2D eigenvalue weighted by atomic mass is 10.1. The first-order chi connectivity index (χ1) is 6.98. The molecule has 0 bridgehead atoms. The molecule has 3 heteroatoms. The van der Waals surface area contributed by atoms with Gasteiger partial charge in [-0.05, 0) is 54.4 Å². The maximum atomic E-state index is 8.77. The van der Waals surface area contributed by atoms with Gasteiger partial charge in [-0.3, -0.25) is 0 Å². The van der Waals surface area contributed by atoms with Crippen LogP contribution in [0.4, 0.5) is 0 Å². The van der Waals surface area contributed by atoms with Gasteiger partial charge in [0.2, 0.25) is 0 Å². The molecule has 1 aromatic rings. The summed E-state index contributed by atoms with van der Waals surface area (Å²) < 4.78 is 6.56. The third-order valence-corrected chi connectivity index (χ3v) is 2.96. The van der Waals surface area contributed by atoms with Crippen LogP contribution in [0.3, 0.4) is 0 Å². The van der Waals surface area contributed by atoms with Crippen molar-refractivity contribution >= 4 is 15.9 Å². The number of halogens is 1. The van der Waals surface area contributed by atoms with Crippen molar-refractivity contribution in [2.75, 3.05) is 0 Å². The number of hydrogen-bond acceptors (Lipinski definition) is 2. The Labute approximate surface area is 99.0 Å². The molecule has 0 saturated carbocycles. The predicted molar refractivity (Wildman–Crippen MR) is 63.9 cm³/mol. The van der Waals surface area contributed by atoms with Crippen molar-refractivity contribution in [3.8, 4) is 11.8 Å². The Bertz CT molecular complexity index is 393. The number of benzene rings is 1. The highest BCUT2D eigenvalue weighted by atomic mass is 79.9. The number of ether oxygens (including phenoxy) is 1. The Kier molecular flexibility index (Phi) is 3.76. The van der Waals surface area contributed by atoms with E-state index in [1.54, 1.807) is 6.07 Å². The van der Waals surface area contributed by atoms with Gasteiger partial charge in [0.1, 0.15) is 17.4 Å². The molecule has 1 aromatic carbocycles. The van der Waals surface area contributed by atoms with Gasteiger partial charge in [0.15, 0.2) is 0 Å². The molecule has 1 rings (SSSR count). The molecule has 0 amide bonds. The van der Waals surface area contributed by atoms with Gasteiger partial charge in [-0.2, -0.15) is 5.26 Å². The molecule has 0 aliphatic carbocycles. The van der Waals surface area contributed by atoms with E-state index in [0.29, 0.717) is 5.56 Å². The van der Waals surface area contributed by atoms with E-state index in [0.717, 1.165) is 16.6 Å². The fourth-order valence-corrected chi connectivity index (χ4v) is 1.49. The smallest absolute Gasteiger partial charge is 0.121 e. The number of nitrogens with zero attached hydrogens (tertiary/aromatic N) is 1. The first-order valence-electron chi connectivity index (χ1n) is 4.87. The zero-order valence-electron chi connectivity index (χ0n) is 9.17. The van der Waals surface area contributed by atoms with Gasteiger partial charge in [-0.25, -0.2) is 0 Å². The van der Waals surface area contributed by atoms with Crippen LogP contribution in [0.15, 0.2) is 22.7 Å². The molecule has 15 heavy (non-hydrogen) atoms. The first kappa shape index (κ1) is 12.1. The minimum Gasteiger partial charge on any atom is -0.488 e. The predicted octanol–water partition coefficient (Wildman–Crippen LogP) is 3.89. The van der Waals surface area contributed by atoms with Gasteiger partial charge in [-0.1, -0.05) is 6.92 Å². The van der Waals surface area contributed by atoms with Gasteiger partial charge in [0.25, 0.3) is 0 Å². The molecule has 0 atom stereocenters. The summed E-state index contributed by atoms with van der Waals surface area (Å²) in [5, 5.41) is 8.77. The molecule has 0 heterocycles. The second-order valence-electron chi connectivity index (χ2n) is 3.97. The van der Waals surface area contributed by atoms with Crippen LogP contribution in [0, 0.1) is 11.3 Å². The molecule has 0 radical (unpaired) electrons. The molecule has 0 unspecified atom stereocenters. The molecule has 0 fully saturated rings. The average Bonchev–Trinajstić information content (AvgIpc) is 2.17. The van der Waals surface area contributed by atoms with E-state index >= 15 is 0 Å². The summed E-state index contributed by atoms with van der Waals surface area (Å²) in [6, 6.07) is 7.50. The van der Waals surface area contributed by atoms with Crippen LogP contribution in [-0.4, -0.2) is 5.60 Å². The van der Waals surface area contributed by atoms with Crippen LogP contribution in [0.1, 0.15) is 32.8 Å². The molecule has 2 nitrogen and oxygen atoms in total. The third kappa shape index (κ3) is 3.24. The van der Waals surface area contributed by atoms with E-state index < -0.39 is 0 Å². The monoisotopic (exact) mass is 267 g/mol. The number of nitriles is 1. The fraction of sp³-hybridized carbons (Fsp3) is 0.417. The molecule has 0 N–H and O–H groups in total. The molecule has 0 saturated heterocycles. The second kappa shape index (κ2) is 4.67. The fourth-order valence-electron chi connectivity index (χ4n) is 1.04. The Balaban J connectivity index is 2.90. The van der Waals surface area contributed by atoms with Gasteiger partial charge in [0, 0.05) is 4.47 Å². The minimum absolute atomic E-state index is 0.173. The lowest BCUT2D eigenvalue weighted by Gasteiger charge is -2.25. The van der Waals surface area contributed by atoms with Crippen LogP contribution >= 0.6 is 15.9 Å². The van der Waals surface area contributed by atoms with Gasteiger partial charge in [-0.15, -0.1) is 0 Å². The summed E-state index contributed by atoms with van der Waals surface area (Å²) >= 11 is 3.33. The lowest BCUT2D eigenvalue weighted by Crippen LogP contribution is -2.26. The van der Waals surface area contributed by atoms with Crippen LogP contribution in [0.25, 0.3) is 0 Å². The van der Waals surface area contributed by atoms with E-state index in [1.807, 2.05) is 26.0 Å². The Morgan fingerprint density at radius 1 is 1.47 bits per heavy atom. The summed E-state index contributed by atoms with van der Waals surface area (Å²) in [7, 11) is 0. The number of hydrogen-bond donors (Lipinski definition) is 0. The van der Waals surface area contributed by atoms with Crippen molar-refractivity contribution < 1.29 is 4.74 Å². The Morgan fingerprint density at radius 2 is 2.13 bits per heavy atom. The molecular formula is C12H14BrNO. The van der Waals surface area contributed by atoms with Crippen LogP contribution < -0.4 is 4.74 Å². The zero-order chi connectivity index (χ0) is 11.5. The standard InChI is InChI=1S/C12H14BrNO/c1-4-12(2,3)15-10-6-5-9(8-14)11(13)7-10/h5-7H,4H2,1-3H3. The summed E-state index contributed by atoms with van der Waals surface area (Å²) in [4.78, 5) is 0. The SMILES string of the molecule is CCC(C)(C)Oc1ccc(C#N)c(Br)c1. The van der Waals surface area contributed by atoms with E-state index in [9.17, 15) is 0 Å². The van der Waals surface area contributed by atoms with Crippen molar-refractivity contribution in [1.82, 2.24) is 0 Å². The summed E-state index contributed by atoms with van der Waals surface area (Å²) in [6.07, 6.45) is 0.935. The normalized spacial score (nSPS) is 10.9. The van der Waals surface area contributed by atoms with Gasteiger partial charge < -0.3 is 4.74 Å². The molecule has 0 aromatic heterocycles. The van der Waals surface area contributed by atoms with Crippen molar-refractivity contribution in [2.45, 2.75) is 32.8 Å². The zero-order valence-corrected chi connectivity index (χ0v) is 10.8. The highest BCUT2D eigenvalue weighted by Gasteiger charge is 2.17. The minimum atomic E-state index is -0.173.